The Balaban J connectivity index is 1.51. The molecule has 0 bridgehead atoms. The number of carbonyl (C=O) groups is 1. The van der Waals surface area contributed by atoms with Crippen molar-refractivity contribution in [2.75, 3.05) is 19.0 Å². The summed E-state index contributed by atoms with van der Waals surface area (Å²) in [5.41, 5.74) is 0.736. The van der Waals surface area contributed by atoms with Crippen LogP contribution in [-0.2, 0) is 20.8 Å². The number of alkyl carbamates (subject to hydrolysis) is 1. The lowest BCUT2D eigenvalue weighted by molar-refractivity contribution is 0.0615. The normalized spacial score (nSPS) is 20.4. The molecule has 1 saturated heterocycles. The zero-order valence-corrected chi connectivity index (χ0v) is 18.6. The summed E-state index contributed by atoms with van der Waals surface area (Å²) >= 11 is 0. The fourth-order valence-corrected chi connectivity index (χ4v) is 3.49. The lowest BCUT2D eigenvalue weighted by Crippen LogP contribution is -2.36. The van der Waals surface area contributed by atoms with Crippen LogP contribution in [-0.4, -0.2) is 62.9 Å². The van der Waals surface area contributed by atoms with Crippen LogP contribution in [0, 0.1) is 0 Å². The SMILES string of the molecule is COCc1cc2c(Nc3cc([C@@H]4OC[C@H](OC(=O)NC(C)C)[C@@H]4F)[nH]n3)nc(C(F)F)cn2n1. The number of aromatic amines is 1. The number of anilines is 2. The first-order valence-electron chi connectivity index (χ1n) is 10.5. The number of ether oxygens (including phenoxy) is 3. The van der Waals surface area contributed by atoms with E-state index in [1.807, 2.05) is 0 Å². The van der Waals surface area contributed by atoms with E-state index in [2.05, 4.69) is 30.9 Å². The van der Waals surface area contributed by atoms with Crippen LogP contribution in [0.25, 0.3) is 5.52 Å². The van der Waals surface area contributed by atoms with Crippen molar-refractivity contribution in [1.29, 1.82) is 0 Å². The Kier molecular flexibility index (Phi) is 6.88. The minimum absolute atomic E-state index is 0.0846. The Bertz CT molecular complexity index is 1150. The van der Waals surface area contributed by atoms with Gasteiger partial charge in [-0.05, 0) is 19.9 Å². The molecule has 0 radical (unpaired) electrons. The number of halogens is 3. The molecule has 0 saturated carbocycles. The molecule has 11 nitrogen and oxygen atoms in total. The largest absolute Gasteiger partial charge is 0.441 e. The maximum Gasteiger partial charge on any atom is 0.407 e. The number of carbonyl (C=O) groups excluding carboxylic acids is 1. The summed E-state index contributed by atoms with van der Waals surface area (Å²) in [5.74, 6) is 0.282. The number of rotatable bonds is 8. The number of amides is 1. The first kappa shape index (κ1) is 23.8. The van der Waals surface area contributed by atoms with E-state index in [0.29, 0.717) is 11.2 Å². The van der Waals surface area contributed by atoms with E-state index in [1.165, 1.54) is 17.7 Å². The average Bonchev–Trinajstić information content (AvgIpc) is 3.47. The fraction of sp³-hybridized carbons (Fsp3) is 0.500. The van der Waals surface area contributed by atoms with Crippen LogP contribution in [0.2, 0.25) is 0 Å². The minimum atomic E-state index is -2.82. The van der Waals surface area contributed by atoms with E-state index in [4.69, 9.17) is 14.2 Å². The van der Waals surface area contributed by atoms with Gasteiger partial charge < -0.3 is 24.8 Å². The predicted octanol–water partition coefficient (Wildman–Crippen LogP) is 3.19. The molecular formula is C20H24F3N7O4. The third-order valence-electron chi connectivity index (χ3n) is 4.94. The van der Waals surface area contributed by atoms with Gasteiger partial charge in [0.1, 0.15) is 17.3 Å². The van der Waals surface area contributed by atoms with Gasteiger partial charge in [0.05, 0.1) is 30.8 Å². The lowest BCUT2D eigenvalue weighted by atomic mass is 10.1. The highest BCUT2D eigenvalue weighted by Gasteiger charge is 2.42. The monoisotopic (exact) mass is 483 g/mol. The third kappa shape index (κ3) is 5.07. The number of hydrogen-bond acceptors (Lipinski definition) is 8. The molecule has 0 aliphatic carbocycles. The van der Waals surface area contributed by atoms with E-state index in [1.54, 1.807) is 19.9 Å². The summed E-state index contributed by atoms with van der Waals surface area (Å²) in [5, 5.41) is 16.3. The standard InChI is InChI=1S/C20H24F3N7O4/c1-9(2)24-20(31)34-14-8-33-17(16(14)21)11-5-15(28-27-11)26-19-13-4-10(7-32-3)29-30(13)6-12(25-19)18(22)23/h4-6,9,14,16-18H,7-8H2,1-3H3,(H,24,31)(H2,25,26,27,28)/t14-,16-,17-/m0/s1. The van der Waals surface area contributed by atoms with E-state index < -0.39 is 36.6 Å². The number of nitrogens with one attached hydrogen (secondary N) is 3. The first-order chi connectivity index (χ1) is 16.2. The van der Waals surface area contributed by atoms with E-state index in [-0.39, 0.29) is 36.6 Å². The second-order valence-electron chi connectivity index (χ2n) is 7.99. The van der Waals surface area contributed by atoms with E-state index in [0.717, 1.165) is 6.20 Å². The third-order valence-corrected chi connectivity index (χ3v) is 4.94. The average molecular weight is 483 g/mol. The van der Waals surface area contributed by atoms with Crippen molar-refractivity contribution in [3.63, 3.8) is 0 Å². The van der Waals surface area contributed by atoms with Gasteiger partial charge in [0.25, 0.3) is 6.43 Å². The molecule has 0 aromatic carbocycles. The summed E-state index contributed by atoms with van der Waals surface area (Å²) in [6, 6.07) is 2.95. The second kappa shape index (κ2) is 9.85. The Morgan fingerprint density at radius 2 is 2.18 bits per heavy atom. The maximum absolute atomic E-state index is 14.9. The van der Waals surface area contributed by atoms with Crippen molar-refractivity contribution in [2.45, 2.75) is 51.3 Å². The van der Waals surface area contributed by atoms with Gasteiger partial charge in [0.2, 0.25) is 0 Å². The van der Waals surface area contributed by atoms with Crippen LogP contribution >= 0.6 is 0 Å². The number of H-pyrrole nitrogens is 1. The molecule has 4 heterocycles. The number of aromatic nitrogens is 5. The lowest BCUT2D eigenvalue weighted by Gasteiger charge is -2.16. The van der Waals surface area contributed by atoms with Gasteiger partial charge >= 0.3 is 6.09 Å². The fourth-order valence-electron chi connectivity index (χ4n) is 3.49. The Labute approximate surface area is 192 Å². The van der Waals surface area contributed by atoms with Gasteiger partial charge in [-0.3, -0.25) is 5.10 Å². The van der Waals surface area contributed by atoms with Crippen LogP contribution in [0.4, 0.5) is 29.6 Å². The zero-order chi connectivity index (χ0) is 24.4. The molecule has 3 atom stereocenters. The van der Waals surface area contributed by atoms with Crippen LogP contribution in [0.3, 0.4) is 0 Å². The summed E-state index contributed by atoms with van der Waals surface area (Å²) in [6.45, 7) is 3.56. The van der Waals surface area contributed by atoms with Gasteiger partial charge in [-0.2, -0.15) is 10.2 Å². The zero-order valence-electron chi connectivity index (χ0n) is 18.6. The molecule has 3 N–H and O–H groups in total. The van der Waals surface area contributed by atoms with Gasteiger partial charge in [-0.25, -0.2) is 27.5 Å². The molecule has 184 valence electrons. The summed E-state index contributed by atoms with van der Waals surface area (Å²) in [4.78, 5) is 15.7. The van der Waals surface area contributed by atoms with Crippen LogP contribution in [0.15, 0.2) is 18.3 Å². The van der Waals surface area contributed by atoms with Crippen molar-refractivity contribution in [2.24, 2.45) is 0 Å². The Morgan fingerprint density at radius 1 is 1.38 bits per heavy atom. The summed E-state index contributed by atoms with van der Waals surface area (Å²) in [7, 11) is 1.49. The van der Waals surface area contributed by atoms with Gasteiger partial charge in [-0.1, -0.05) is 0 Å². The van der Waals surface area contributed by atoms with E-state index >= 15 is 0 Å². The maximum atomic E-state index is 14.9. The van der Waals surface area contributed by atoms with Crippen LogP contribution in [0.5, 0.6) is 0 Å². The quantitative estimate of drug-likeness (QED) is 0.446. The topological polar surface area (TPSA) is 128 Å². The van der Waals surface area contributed by atoms with Crippen molar-refractivity contribution in [3.8, 4) is 0 Å². The molecule has 14 heteroatoms. The minimum Gasteiger partial charge on any atom is -0.441 e. The van der Waals surface area contributed by atoms with Gasteiger partial charge in [0.15, 0.2) is 23.9 Å². The molecule has 4 rings (SSSR count). The highest BCUT2D eigenvalue weighted by Crippen LogP contribution is 2.34. The molecule has 3 aromatic rings. The van der Waals surface area contributed by atoms with Crippen molar-refractivity contribution >= 4 is 23.2 Å². The number of methoxy groups -OCH3 is 1. The number of alkyl halides is 3. The summed E-state index contributed by atoms with van der Waals surface area (Å²) in [6.07, 6.45) is -6.19. The van der Waals surface area contributed by atoms with Gasteiger partial charge in [-0.15, -0.1) is 0 Å². The smallest absolute Gasteiger partial charge is 0.407 e. The molecule has 0 unspecified atom stereocenters. The molecule has 1 amide bonds. The van der Waals surface area contributed by atoms with Crippen LogP contribution in [0.1, 0.15) is 43.5 Å². The number of fused-ring (bicyclic) bond motifs is 1. The number of hydrogen-bond donors (Lipinski definition) is 3. The highest BCUT2D eigenvalue weighted by atomic mass is 19.3. The molecule has 0 spiro atoms. The molecule has 1 aliphatic rings. The second-order valence-corrected chi connectivity index (χ2v) is 7.99. The number of nitrogens with zero attached hydrogens (tertiary/aromatic N) is 4. The molecular weight excluding hydrogens is 459 g/mol. The van der Waals surface area contributed by atoms with Crippen molar-refractivity contribution in [3.05, 3.63) is 35.4 Å². The molecule has 1 fully saturated rings. The molecule has 3 aromatic heterocycles. The highest BCUT2D eigenvalue weighted by molar-refractivity contribution is 5.72. The molecule has 1 aliphatic heterocycles. The van der Waals surface area contributed by atoms with Gasteiger partial charge in [0, 0.05) is 19.2 Å². The first-order valence-corrected chi connectivity index (χ1v) is 10.5. The van der Waals surface area contributed by atoms with Crippen molar-refractivity contribution < 1.29 is 32.2 Å². The Hall–Kier alpha value is -3.39. The summed E-state index contributed by atoms with van der Waals surface area (Å²) < 4.78 is 58.4. The molecule has 34 heavy (non-hydrogen) atoms. The predicted molar refractivity (Wildman–Crippen MR) is 113 cm³/mol. The Morgan fingerprint density at radius 3 is 2.88 bits per heavy atom. The van der Waals surface area contributed by atoms with Crippen molar-refractivity contribution in [1.82, 2.24) is 30.1 Å². The van der Waals surface area contributed by atoms with Crippen LogP contribution < -0.4 is 10.6 Å². The van der Waals surface area contributed by atoms with E-state index in [9.17, 15) is 18.0 Å².